The molecule has 2 atom stereocenters. The van der Waals surface area contributed by atoms with Gasteiger partial charge in [-0.1, -0.05) is 13.8 Å². The van der Waals surface area contributed by atoms with Crippen molar-refractivity contribution in [3.05, 3.63) is 0 Å². The van der Waals surface area contributed by atoms with Crippen molar-refractivity contribution in [3.63, 3.8) is 0 Å². The molecule has 0 aromatic carbocycles. The van der Waals surface area contributed by atoms with Crippen molar-refractivity contribution >= 4 is 0 Å². The van der Waals surface area contributed by atoms with Crippen LogP contribution in [0.15, 0.2) is 0 Å². The van der Waals surface area contributed by atoms with Crippen LogP contribution in [0.25, 0.3) is 0 Å². The quantitative estimate of drug-likeness (QED) is 0.703. The third-order valence-electron chi connectivity index (χ3n) is 2.99. The van der Waals surface area contributed by atoms with Crippen LogP contribution in [0.3, 0.4) is 0 Å². The molecule has 84 valence electrons. The maximum atomic E-state index is 9.99. The summed E-state index contributed by atoms with van der Waals surface area (Å²) in [5.41, 5.74) is -0.524. The Kier molecular flexibility index (Phi) is 4.35. The van der Waals surface area contributed by atoms with Gasteiger partial charge in [0.2, 0.25) is 0 Å². The lowest BCUT2D eigenvalue weighted by Gasteiger charge is -2.30. The van der Waals surface area contributed by atoms with Gasteiger partial charge in [-0.3, -0.25) is 4.90 Å². The summed E-state index contributed by atoms with van der Waals surface area (Å²) in [6.07, 6.45) is 0.825. The zero-order valence-corrected chi connectivity index (χ0v) is 9.71. The van der Waals surface area contributed by atoms with Crippen molar-refractivity contribution < 1.29 is 5.11 Å². The largest absolute Gasteiger partial charge is 0.389 e. The van der Waals surface area contributed by atoms with Crippen LogP contribution in [0.4, 0.5) is 0 Å². The van der Waals surface area contributed by atoms with Gasteiger partial charge in [0.25, 0.3) is 0 Å². The van der Waals surface area contributed by atoms with Crippen LogP contribution in [-0.4, -0.2) is 48.3 Å². The minimum atomic E-state index is -0.524. The summed E-state index contributed by atoms with van der Waals surface area (Å²) in [5, 5.41) is 13.4. The lowest BCUT2D eigenvalue weighted by atomic mass is 10.0. The van der Waals surface area contributed by atoms with E-state index in [1.807, 2.05) is 13.8 Å². The first-order valence-corrected chi connectivity index (χ1v) is 5.69. The summed E-state index contributed by atoms with van der Waals surface area (Å²) < 4.78 is 0. The molecule has 2 N–H and O–H groups in total. The van der Waals surface area contributed by atoms with E-state index in [2.05, 4.69) is 17.1 Å². The lowest BCUT2D eigenvalue weighted by molar-refractivity contribution is 0.0157. The fourth-order valence-electron chi connectivity index (χ4n) is 1.92. The maximum Gasteiger partial charge on any atom is 0.0743 e. The minimum absolute atomic E-state index is 0.524. The van der Waals surface area contributed by atoms with E-state index in [9.17, 15) is 5.11 Å². The number of aliphatic hydroxyl groups is 1. The van der Waals surface area contributed by atoms with E-state index in [0.717, 1.165) is 39.1 Å². The predicted octanol–water partition coefficient (Wildman–Crippen LogP) is 0.689. The van der Waals surface area contributed by atoms with Crippen LogP contribution in [-0.2, 0) is 0 Å². The van der Waals surface area contributed by atoms with Crippen LogP contribution in [0.1, 0.15) is 27.2 Å². The third-order valence-corrected chi connectivity index (χ3v) is 2.99. The molecule has 3 heteroatoms. The van der Waals surface area contributed by atoms with Crippen molar-refractivity contribution in [3.8, 4) is 0 Å². The Balaban J connectivity index is 2.42. The Morgan fingerprint density at radius 1 is 1.57 bits per heavy atom. The minimum Gasteiger partial charge on any atom is -0.389 e. The van der Waals surface area contributed by atoms with Crippen LogP contribution in [0, 0.1) is 5.92 Å². The molecule has 0 aromatic rings. The van der Waals surface area contributed by atoms with Gasteiger partial charge in [0.15, 0.2) is 0 Å². The Morgan fingerprint density at radius 3 is 2.93 bits per heavy atom. The molecule has 0 aromatic heterocycles. The van der Waals surface area contributed by atoms with Crippen LogP contribution in [0.5, 0.6) is 0 Å². The summed E-state index contributed by atoms with van der Waals surface area (Å²) in [5.74, 6) is 0.685. The highest BCUT2D eigenvalue weighted by Crippen LogP contribution is 2.12. The van der Waals surface area contributed by atoms with Crippen molar-refractivity contribution in [2.45, 2.75) is 32.8 Å². The van der Waals surface area contributed by atoms with Gasteiger partial charge >= 0.3 is 0 Å². The fraction of sp³-hybridized carbons (Fsp3) is 1.00. The lowest BCUT2D eigenvalue weighted by Crippen LogP contribution is -2.42. The maximum absolute atomic E-state index is 9.99. The number of nitrogens with one attached hydrogen (secondary N) is 1. The Labute approximate surface area is 87.5 Å². The fourth-order valence-corrected chi connectivity index (χ4v) is 1.92. The molecule has 2 unspecified atom stereocenters. The molecule has 1 saturated heterocycles. The first-order chi connectivity index (χ1) is 6.53. The first kappa shape index (κ1) is 12.0. The summed E-state index contributed by atoms with van der Waals surface area (Å²) in [6.45, 7) is 11.3. The normalized spacial score (nSPS) is 29.6. The van der Waals surface area contributed by atoms with Crippen molar-refractivity contribution in [1.82, 2.24) is 10.2 Å². The number of rotatable bonds is 3. The van der Waals surface area contributed by atoms with Gasteiger partial charge in [0.1, 0.15) is 0 Å². The highest BCUT2D eigenvalue weighted by Gasteiger charge is 2.23. The van der Waals surface area contributed by atoms with Crippen molar-refractivity contribution in [1.29, 1.82) is 0 Å². The van der Waals surface area contributed by atoms with E-state index in [4.69, 9.17) is 0 Å². The summed E-state index contributed by atoms with van der Waals surface area (Å²) in [4.78, 5) is 2.37. The third kappa shape index (κ3) is 3.95. The monoisotopic (exact) mass is 200 g/mol. The van der Waals surface area contributed by atoms with Gasteiger partial charge in [-0.2, -0.15) is 0 Å². The molecule has 0 amide bonds. The predicted molar refractivity (Wildman–Crippen MR) is 59.4 cm³/mol. The molecule has 1 rings (SSSR count). The van der Waals surface area contributed by atoms with E-state index in [1.165, 1.54) is 0 Å². The molecule has 0 aliphatic carbocycles. The first-order valence-electron chi connectivity index (χ1n) is 5.69. The van der Waals surface area contributed by atoms with E-state index < -0.39 is 5.60 Å². The van der Waals surface area contributed by atoms with E-state index in [-0.39, 0.29) is 0 Å². The molecule has 1 fully saturated rings. The molecule has 3 nitrogen and oxygen atoms in total. The molecule has 1 aliphatic heterocycles. The van der Waals surface area contributed by atoms with Crippen molar-refractivity contribution in [2.24, 2.45) is 5.92 Å². The average molecular weight is 200 g/mol. The zero-order valence-electron chi connectivity index (χ0n) is 9.71. The molecular formula is C11H24N2O. The second-order valence-corrected chi connectivity index (χ2v) is 4.89. The van der Waals surface area contributed by atoms with Gasteiger partial charge in [-0.25, -0.2) is 0 Å². The van der Waals surface area contributed by atoms with Crippen LogP contribution >= 0.6 is 0 Å². The Bertz CT molecular complexity index is 171. The number of β-amino-alcohol motifs (C(OH)–C–C–N with tert-alkyl or cyclic N) is 1. The highest BCUT2D eigenvalue weighted by molar-refractivity contribution is 4.79. The van der Waals surface area contributed by atoms with E-state index >= 15 is 0 Å². The Morgan fingerprint density at radius 2 is 2.29 bits per heavy atom. The summed E-state index contributed by atoms with van der Waals surface area (Å²) in [6, 6.07) is 0. The van der Waals surface area contributed by atoms with E-state index in [1.54, 1.807) is 0 Å². The summed E-state index contributed by atoms with van der Waals surface area (Å²) >= 11 is 0. The molecule has 1 aliphatic rings. The molecule has 14 heavy (non-hydrogen) atoms. The molecule has 0 saturated carbocycles. The highest BCUT2D eigenvalue weighted by atomic mass is 16.3. The van der Waals surface area contributed by atoms with Gasteiger partial charge < -0.3 is 10.4 Å². The van der Waals surface area contributed by atoms with E-state index in [0.29, 0.717) is 5.92 Å². The van der Waals surface area contributed by atoms with Gasteiger partial charge in [0.05, 0.1) is 5.60 Å². The number of hydrogen-bond donors (Lipinski definition) is 2. The van der Waals surface area contributed by atoms with Crippen molar-refractivity contribution in [2.75, 3.05) is 32.7 Å². The molecular weight excluding hydrogens is 176 g/mol. The standard InChI is InChI=1S/C11H24N2O/c1-4-11(3,14)9-13-6-5-12-7-10(2)8-13/h10,12,14H,4-9H2,1-3H3. The number of nitrogens with zero attached hydrogens (tertiary/aromatic N) is 1. The Hall–Kier alpha value is -0.120. The topological polar surface area (TPSA) is 35.5 Å². The van der Waals surface area contributed by atoms with Crippen LogP contribution < -0.4 is 5.32 Å². The van der Waals surface area contributed by atoms with Gasteiger partial charge in [0, 0.05) is 26.2 Å². The molecule has 0 spiro atoms. The number of hydrogen-bond acceptors (Lipinski definition) is 3. The second-order valence-electron chi connectivity index (χ2n) is 4.89. The molecule has 1 heterocycles. The summed E-state index contributed by atoms with van der Waals surface area (Å²) in [7, 11) is 0. The molecule has 0 radical (unpaired) electrons. The van der Waals surface area contributed by atoms with Crippen LogP contribution in [0.2, 0.25) is 0 Å². The SMILES string of the molecule is CCC(C)(O)CN1CCNCC(C)C1. The van der Waals surface area contributed by atoms with Gasteiger partial charge in [-0.05, 0) is 25.8 Å². The van der Waals surface area contributed by atoms with Gasteiger partial charge in [-0.15, -0.1) is 0 Å². The smallest absolute Gasteiger partial charge is 0.0743 e. The molecule has 0 bridgehead atoms. The zero-order chi connectivity index (χ0) is 10.6. The second kappa shape index (κ2) is 5.10. The average Bonchev–Trinajstić information content (AvgIpc) is 2.29.